The number of aromatic nitrogens is 2. The van der Waals surface area contributed by atoms with Crippen LogP contribution in [0.5, 0.6) is 0 Å². The number of piperidine rings is 1. The largest absolute Gasteiger partial charge is 0.336 e. The summed E-state index contributed by atoms with van der Waals surface area (Å²) in [6, 6.07) is 0.680. The predicted octanol–water partition coefficient (Wildman–Crippen LogP) is 2.76. The number of hydrogen-bond donors (Lipinski definition) is 1. The first-order chi connectivity index (χ1) is 7.16. The molecule has 0 atom stereocenters. The van der Waals surface area contributed by atoms with Gasteiger partial charge in [0.15, 0.2) is 4.73 Å². The maximum absolute atomic E-state index is 4.19. The molecule has 4 heteroatoms. The van der Waals surface area contributed by atoms with Crippen molar-refractivity contribution >= 4 is 15.9 Å². The molecule has 0 amide bonds. The molecule has 0 bridgehead atoms. The molecular formula is C11H18BrN3. The quantitative estimate of drug-likeness (QED) is 0.897. The Balaban J connectivity index is 1.93. The average molecular weight is 272 g/mol. The number of nitrogens with zero attached hydrogens (tertiary/aromatic N) is 2. The van der Waals surface area contributed by atoms with Gasteiger partial charge in [-0.05, 0) is 55.7 Å². The molecule has 0 saturated carbocycles. The molecule has 3 nitrogen and oxygen atoms in total. The van der Waals surface area contributed by atoms with Crippen molar-refractivity contribution in [3.63, 3.8) is 0 Å². The molecule has 1 aliphatic heterocycles. The molecule has 15 heavy (non-hydrogen) atoms. The highest BCUT2D eigenvalue weighted by Crippen LogP contribution is 2.28. The summed E-state index contributed by atoms with van der Waals surface area (Å²) in [4.78, 5) is 10.0. The van der Waals surface area contributed by atoms with Crippen LogP contribution in [0.3, 0.4) is 0 Å². The van der Waals surface area contributed by atoms with Gasteiger partial charge in [-0.1, -0.05) is 0 Å². The first-order valence-electron chi connectivity index (χ1n) is 5.61. The molecular weight excluding hydrogens is 254 g/mol. The van der Waals surface area contributed by atoms with Gasteiger partial charge in [0.25, 0.3) is 0 Å². The zero-order chi connectivity index (χ0) is 10.8. The normalized spacial score (nSPS) is 20.0. The summed E-state index contributed by atoms with van der Waals surface area (Å²) in [5, 5.41) is 0. The molecule has 0 aromatic carbocycles. The Bertz CT molecular complexity index is 313. The van der Waals surface area contributed by atoms with Gasteiger partial charge < -0.3 is 9.88 Å². The summed E-state index contributed by atoms with van der Waals surface area (Å²) in [5.74, 6) is 0.666. The zero-order valence-corrected chi connectivity index (χ0v) is 10.9. The van der Waals surface area contributed by atoms with Crippen LogP contribution in [0, 0.1) is 0 Å². The van der Waals surface area contributed by atoms with Crippen molar-refractivity contribution in [2.75, 3.05) is 13.1 Å². The highest BCUT2D eigenvalue weighted by atomic mass is 79.9. The third-order valence-corrected chi connectivity index (χ3v) is 3.67. The zero-order valence-electron chi connectivity index (χ0n) is 9.33. The monoisotopic (exact) mass is 271 g/mol. The highest BCUT2D eigenvalue weighted by Gasteiger charge is 2.22. The van der Waals surface area contributed by atoms with Crippen LogP contribution < -0.4 is 0 Å². The van der Waals surface area contributed by atoms with E-state index in [-0.39, 0.29) is 0 Å². The van der Waals surface area contributed by atoms with E-state index >= 15 is 0 Å². The average Bonchev–Trinajstić information content (AvgIpc) is 2.65. The Kier molecular flexibility index (Phi) is 3.46. The smallest absolute Gasteiger partial charge is 0.174 e. The molecule has 1 saturated heterocycles. The number of imidazole rings is 1. The molecule has 1 aromatic heterocycles. The Morgan fingerprint density at radius 1 is 1.47 bits per heavy atom. The molecule has 1 aliphatic rings. The Labute approximate surface area is 99.4 Å². The van der Waals surface area contributed by atoms with Crippen molar-refractivity contribution in [3.05, 3.63) is 16.6 Å². The Morgan fingerprint density at radius 3 is 2.60 bits per heavy atom. The Hall–Kier alpha value is -0.350. The minimum Gasteiger partial charge on any atom is -0.336 e. The summed E-state index contributed by atoms with van der Waals surface area (Å²) in [6.07, 6.45) is 4.44. The fourth-order valence-electron chi connectivity index (χ4n) is 2.24. The van der Waals surface area contributed by atoms with Crippen molar-refractivity contribution in [1.82, 2.24) is 14.9 Å². The first kappa shape index (κ1) is 11.1. The molecule has 2 heterocycles. The number of H-pyrrole nitrogens is 1. The fraction of sp³-hybridized carbons (Fsp3) is 0.727. The topological polar surface area (TPSA) is 31.9 Å². The third kappa shape index (κ3) is 2.61. The number of likely N-dealkylation sites (tertiary alicyclic amines) is 1. The van der Waals surface area contributed by atoms with Crippen LogP contribution in [-0.4, -0.2) is 34.0 Å². The second kappa shape index (κ2) is 4.66. The van der Waals surface area contributed by atoms with Gasteiger partial charge >= 0.3 is 0 Å². The van der Waals surface area contributed by atoms with E-state index in [1.165, 1.54) is 31.6 Å². The van der Waals surface area contributed by atoms with Crippen molar-refractivity contribution in [2.45, 2.75) is 38.6 Å². The highest BCUT2D eigenvalue weighted by molar-refractivity contribution is 9.10. The van der Waals surface area contributed by atoms with Crippen LogP contribution >= 0.6 is 15.9 Å². The van der Waals surface area contributed by atoms with Crippen LogP contribution in [0.15, 0.2) is 10.9 Å². The van der Waals surface area contributed by atoms with Crippen molar-refractivity contribution in [2.24, 2.45) is 0 Å². The van der Waals surface area contributed by atoms with E-state index in [0.29, 0.717) is 12.0 Å². The molecule has 0 aliphatic carbocycles. The number of halogens is 1. The summed E-state index contributed by atoms with van der Waals surface area (Å²) in [5.41, 5.74) is 1.28. The van der Waals surface area contributed by atoms with E-state index in [1.807, 2.05) is 6.20 Å². The molecule has 0 unspecified atom stereocenters. The van der Waals surface area contributed by atoms with E-state index < -0.39 is 0 Å². The van der Waals surface area contributed by atoms with Gasteiger partial charge in [0.05, 0.1) is 0 Å². The molecule has 2 rings (SSSR count). The summed E-state index contributed by atoms with van der Waals surface area (Å²) in [6.45, 7) is 6.96. The number of rotatable bonds is 2. The van der Waals surface area contributed by atoms with Crippen LogP contribution in [-0.2, 0) is 0 Å². The molecule has 84 valence electrons. The number of aromatic amines is 1. The van der Waals surface area contributed by atoms with E-state index in [2.05, 4.69) is 44.6 Å². The van der Waals surface area contributed by atoms with E-state index in [0.717, 1.165) is 4.73 Å². The second-order valence-electron chi connectivity index (χ2n) is 4.53. The minimum absolute atomic E-state index is 0.666. The second-order valence-corrected chi connectivity index (χ2v) is 5.28. The number of hydrogen-bond acceptors (Lipinski definition) is 2. The standard InChI is InChI=1S/C11H18BrN3/c1-8(2)15-5-3-9(4-6-15)10-7-13-11(12)14-10/h7-9H,3-6H2,1-2H3,(H,13,14). The molecule has 1 aromatic rings. The van der Waals surface area contributed by atoms with Crippen LogP contribution in [0.4, 0.5) is 0 Å². The van der Waals surface area contributed by atoms with Gasteiger partial charge in [-0.2, -0.15) is 0 Å². The lowest BCUT2D eigenvalue weighted by atomic mass is 9.93. The van der Waals surface area contributed by atoms with E-state index in [1.54, 1.807) is 0 Å². The lowest BCUT2D eigenvalue weighted by molar-refractivity contribution is 0.171. The van der Waals surface area contributed by atoms with E-state index in [9.17, 15) is 0 Å². The number of nitrogens with one attached hydrogen (secondary N) is 1. The van der Waals surface area contributed by atoms with Crippen LogP contribution in [0.1, 0.15) is 38.3 Å². The molecule has 0 spiro atoms. The van der Waals surface area contributed by atoms with Crippen LogP contribution in [0.25, 0.3) is 0 Å². The molecule has 1 fully saturated rings. The third-order valence-electron chi connectivity index (χ3n) is 3.26. The first-order valence-corrected chi connectivity index (χ1v) is 6.40. The van der Waals surface area contributed by atoms with Crippen molar-refractivity contribution in [3.8, 4) is 0 Å². The van der Waals surface area contributed by atoms with Gasteiger partial charge in [0.1, 0.15) is 0 Å². The van der Waals surface area contributed by atoms with Gasteiger partial charge in [0.2, 0.25) is 0 Å². The van der Waals surface area contributed by atoms with Crippen LogP contribution in [0.2, 0.25) is 0 Å². The summed E-state index contributed by atoms with van der Waals surface area (Å²) in [7, 11) is 0. The predicted molar refractivity (Wildman–Crippen MR) is 65.0 cm³/mol. The van der Waals surface area contributed by atoms with Gasteiger partial charge in [-0.25, -0.2) is 4.98 Å². The van der Waals surface area contributed by atoms with E-state index in [4.69, 9.17) is 0 Å². The lowest BCUT2D eigenvalue weighted by Gasteiger charge is -2.34. The molecule has 1 N–H and O–H groups in total. The van der Waals surface area contributed by atoms with Crippen molar-refractivity contribution in [1.29, 1.82) is 0 Å². The summed E-state index contributed by atoms with van der Waals surface area (Å²) < 4.78 is 0.851. The maximum Gasteiger partial charge on any atom is 0.174 e. The van der Waals surface area contributed by atoms with Gasteiger partial charge in [-0.15, -0.1) is 0 Å². The fourth-order valence-corrected chi connectivity index (χ4v) is 2.58. The van der Waals surface area contributed by atoms with Crippen molar-refractivity contribution < 1.29 is 0 Å². The maximum atomic E-state index is 4.19. The molecule has 0 radical (unpaired) electrons. The summed E-state index contributed by atoms with van der Waals surface area (Å²) >= 11 is 3.36. The SMILES string of the molecule is CC(C)N1CCC(c2cnc(Br)[nH]2)CC1. The minimum atomic E-state index is 0.666. The van der Waals surface area contributed by atoms with Gasteiger partial charge in [0, 0.05) is 23.9 Å². The van der Waals surface area contributed by atoms with Gasteiger partial charge in [-0.3, -0.25) is 0 Å². The lowest BCUT2D eigenvalue weighted by Crippen LogP contribution is -2.37. The Morgan fingerprint density at radius 2 is 2.13 bits per heavy atom.